The number of halogens is 1. The molecule has 6 heteroatoms. The van der Waals surface area contributed by atoms with Crippen molar-refractivity contribution in [2.45, 2.75) is 32.7 Å². The second kappa shape index (κ2) is 6.06. The highest BCUT2D eigenvalue weighted by Gasteiger charge is 2.18. The van der Waals surface area contributed by atoms with Crippen LogP contribution in [0.4, 0.5) is 10.5 Å². The lowest BCUT2D eigenvalue weighted by molar-refractivity contribution is 0.0696. The lowest BCUT2D eigenvalue weighted by atomic mass is 10.0. The molecular weight excluding hydrogens is 312 g/mol. The molecule has 0 atom stereocenters. The van der Waals surface area contributed by atoms with E-state index in [1.165, 1.54) is 12.1 Å². The number of anilines is 1. The summed E-state index contributed by atoms with van der Waals surface area (Å²) in [4.78, 5) is 22.7. The van der Waals surface area contributed by atoms with E-state index in [2.05, 4.69) is 26.6 Å². The van der Waals surface area contributed by atoms with Gasteiger partial charge in [0, 0.05) is 15.7 Å². The fourth-order valence-electron chi connectivity index (χ4n) is 1.34. The van der Waals surface area contributed by atoms with Crippen LogP contribution < -0.4 is 10.6 Å². The highest BCUT2D eigenvalue weighted by Crippen LogP contribution is 2.20. The van der Waals surface area contributed by atoms with Crippen LogP contribution in [0.15, 0.2) is 22.7 Å². The topological polar surface area (TPSA) is 78.4 Å². The highest BCUT2D eigenvalue weighted by atomic mass is 79.9. The minimum Gasteiger partial charge on any atom is -0.478 e. The molecule has 0 spiro atoms. The predicted octanol–water partition coefficient (Wildman–Crippen LogP) is 3.46. The SMILES string of the molecule is CCC(C)(C)NC(=O)Nc1cc(Br)cc(C(=O)O)c1. The van der Waals surface area contributed by atoms with Gasteiger partial charge in [0.05, 0.1) is 5.56 Å². The summed E-state index contributed by atoms with van der Waals surface area (Å²) in [7, 11) is 0. The number of nitrogens with one attached hydrogen (secondary N) is 2. The minimum absolute atomic E-state index is 0.111. The van der Waals surface area contributed by atoms with Gasteiger partial charge in [0.15, 0.2) is 0 Å². The Labute approximate surface area is 120 Å². The van der Waals surface area contributed by atoms with Crippen LogP contribution in [-0.2, 0) is 0 Å². The van der Waals surface area contributed by atoms with Crippen LogP contribution in [0.2, 0.25) is 0 Å². The van der Waals surface area contributed by atoms with E-state index in [9.17, 15) is 9.59 Å². The third kappa shape index (κ3) is 4.90. The zero-order valence-corrected chi connectivity index (χ0v) is 12.7. The summed E-state index contributed by atoms with van der Waals surface area (Å²) in [5.74, 6) is -1.04. The Morgan fingerprint density at radius 3 is 2.47 bits per heavy atom. The number of carbonyl (C=O) groups excluding carboxylic acids is 1. The smallest absolute Gasteiger partial charge is 0.335 e. The Balaban J connectivity index is 2.82. The Kier molecular flexibility index (Phi) is 4.94. The number of carboxylic acid groups (broad SMARTS) is 1. The van der Waals surface area contributed by atoms with Crippen LogP contribution in [0.3, 0.4) is 0 Å². The summed E-state index contributed by atoms with van der Waals surface area (Å²) in [5.41, 5.74) is 0.224. The number of aromatic carboxylic acids is 1. The lowest BCUT2D eigenvalue weighted by Gasteiger charge is -2.24. The summed E-state index contributed by atoms with van der Waals surface area (Å²) >= 11 is 3.21. The number of rotatable bonds is 4. The molecule has 0 aromatic heterocycles. The average molecular weight is 329 g/mol. The van der Waals surface area contributed by atoms with Gasteiger partial charge in [0.1, 0.15) is 0 Å². The van der Waals surface area contributed by atoms with Gasteiger partial charge in [-0.05, 0) is 38.5 Å². The number of carboxylic acids is 1. The molecule has 0 heterocycles. The second-order valence-corrected chi connectivity index (χ2v) is 5.77. The molecule has 0 aliphatic carbocycles. The maximum absolute atomic E-state index is 11.8. The van der Waals surface area contributed by atoms with Crippen molar-refractivity contribution < 1.29 is 14.7 Å². The molecule has 0 aliphatic rings. The van der Waals surface area contributed by atoms with Gasteiger partial charge in [0.2, 0.25) is 0 Å². The second-order valence-electron chi connectivity index (χ2n) is 4.85. The molecule has 1 aromatic carbocycles. The fraction of sp³-hybridized carbons (Fsp3) is 0.385. The molecule has 1 aromatic rings. The molecule has 0 aliphatic heterocycles. The van der Waals surface area contributed by atoms with E-state index in [-0.39, 0.29) is 17.1 Å². The average Bonchev–Trinajstić information content (AvgIpc) is 2.27. The molecule has 0 fully saturated rings. The number of hydrogen-bond donors (Lipinski definition) is 3. The predicted molar refractivity (Wildman–Crippen MR) is 77.6 cm³/mol. The van der Waals surface area contributed by atoms with Gasteiger partial charge in [0.25, 0.3) is 0 Å². The molecule has 2 amide bonds. The standard InChI is InChI=1S/C13H17BrN2O3/c1-4-13(2,3)16-12(19)15-10-6-8(11(17)18)5-9(14)7-10/h5-7H,4H2,1-3H3,(H,17,18)(H2,15,16,19). The maximum Gasteiger partial charge on any atom is 0.335 e. The lowest BCUT2D eigenvalue weighted by Crippen LogP contribution is -2.45. The van der Waals surface area contributed by atoms with E-state index in [1.54, 1.807) is 6.07 Å². The largest absolute Gasteiger partial charge is 0.478 e. The zero-order chi connectivity index (χ0) is 14.6. The molecule has 0 bridgehead atoms. The molecule has 0 saturated carbocycles. The molecule has 0 saturated heterocycles. The zero-order valence-electron chi connectivity index (χ0n) is 11.1. The first-order valence-corrected chi connectivity index (χ1v) is 6.66. The van der Waals surface area contributed by atoms with E-state index in [0.717, 1.165) is 6.42 Å². The quantitative estimate of drug-likeness (QED) is 0.791. The van der Waals surface area contributed by atoms with Gasteiger partial charge in [-0.2, -0.15) is 0 Å². The fourth-order valence-corrected chi connectivity index (χ4v) is 1.84. The van der Waals surface area contributed by atoms with E-state index in [4.69, 9.17) is 5.11 Å². The third-order valence-electron chi connectivity index (χ3n) is 2.74. The van der Waals surface area contributed by atoms with Gasteiger partial charge < -0.3 is 15.7 Å². The van der Waals surface area contributed by atoms with Crippen molar-refractivity contribution in [2.75, 3.05) is 5.32 Å². The van der Waals surface area contributed by atoms with Crippen LogP contribution in [0.1, 0.15) is 37.6 Å². The Morgan fingerprint density at radius 2 is 1.95 bits per heavy atom. The van der Waals surface area contributed by atoms with Crippen molar-refractivity contribution in [1.29, 1.82) is 0 Å². The summed E-state index contributed by atoms with van der Waals surface area (Å²) in [6, 6.07) is 4.17. The van der Waals surface area contributed by atoms with Gasteiger partial charge in [-0.15, -0.1) is 0 Å². The molecule has 104 valence electrons. The van der Waals surface area contributed by atoms with Crippen molar-refractivity contribution in [3.05, 3.63) is 28.2 Å². The van der Waals surface area contributed by atoms with Crippen molar-refractivity contribution in [2.24, 2.45) is 0 Å². The van der Waals surface area contributed by atoms with Gasteiger partial charge in [-0.25, -0.2) is 9.59 Å². The normalized spacial score (nSPS) is 10.9. The number of amides is 2. The van der Waals surface area contributed by atoms with E-state index >= 15 is 0 Å². The van der Waals surface area contributed by atoms with Crippen LogP contribution in [-0.4, -0.2) is 22.6 Å². The third-order valence-corrected chi connectivity index (χ3v) is 3.20. The molecule has 3 N–H and O–H groups in total. The van der Waals surface area contributed by atoms with Gasteiger partial charge in [-0.3, -0.25) is 0 Å². The van der Waals surface area contributed by atoms with Gasteiger partial charge in [-0.1, -0.05) is 22.9 Å². The van der Waals surface area contributed by atoms with Crippen molar-refractivity contribution in [3.8, 4) is 0 Å². The summed E-state index contributed by atoms with van der Waals surface area (Å²) in [6.45, 7) is 5.80. The number of benzene rings is 1. The first kappa shape index (κ1) is 15.5. The first-order chi connectivity index (χ1) is 8.73. The summed E-state index contributed by atoms with van der Waals surface area (Å²) in [5, 5.41) is 14.4. The molecule has 19 heavy (non-hydrogen) atoms. The summed E-state index contributed by atoms with van der Waals surface area (Å²) < 4.78 is 0.595. The number of urea groups is 1. The molecule has 0 unspecified atom stereocenters. The van der Waals surface area contributed by atoms with Gasteiger partial charge >= 0.3 is 12.0 Å². The Morgan fingerprint density at radius 1 is 1.32 bits per heavy atom. The van der Waals surface area contributed by atoms with Crippen LogP contribution >= 0.6 is 15.9 Å². The molecule has 1 rings (SSSR count). The van der Waals surface area contributed by atoms with E-state index in [1.807, 2.05) is 20.8 Å². The van der Waals surface area contributed by atoms with Crippen LogP contribution in [0.25, 0.3) is 0 Å². The monoisotopic (exact) mass is 328 g/mol. The molecule has 0 radical (unpaired) electrons. The van der Waals surface area contributed by atoms with Crippen molar-refractivity contribution in [3.63, 3.8) is 0 Å². The Hall–Kier alpha value is -1.56. The highest BCUT2D eigenvalue weighted by molar-refractivity contribution is 9.10. The van der Waals surface area contributed by atoms with E-state index < -0.39 is 5.97 Å². The Bertz CT molecular complexity index is 501. The summed E-state index contributed by atoms with van der Waals surface area (Å²) in [6.07, 6.45) is 0.791. The molecule has 5 nitrogen and oxygen atoms in total. The van der Waals surface area contributed by atoms with Crippen LogP contribution in [0.5, 0.6) is 0 Å². The van der Waals surface area contributed by atoms with Crippen LogP contribution in [0, 0.1) is 0 Å². The molecular formula is C13H17BrN2O3. The maximum atomic E-state index is 11.8. The minimum atomic E-state index is -1.04. The number of hydrogen-bond acceptors (Lipinski definition) is 2. The van der Waals surface area contributed by atoms with Crippen molar-refractivity contribution in [1.82, 2.24) is 5.32 Å². The van der Waals surface area contributed by atoms with E-state index in [0.29, 0.717) is 10.2 Å². The van der Waals surface area contributed by atoms with Crippen molar-refractivity contribution >= 4 is 33.6 Å². The first-order valence-electron chi connectivity index (χ1n) is 5.86. The number of carbonyl (C=O) groups is 2.